The molecular weight excluding hydrogens is 264 g/mol. The summed E-state index contributed by atoms with van der Waals surface area (Å²) in [6, 6.07) is -0.761. The molecule has 1 saturated heterocycles. The molecule has 2 aliphatic rings. The van der Waals surface area contributed by atoms with Crippen molar-refractivity contribution >= 4 is 11.8 Å². The number of hydrogen-bond acceptors (Lipinski definition) is 2. The SMILES string of the molecule is CC1C(=O)NC(C(C)(C)C)C(=O)N1CC1(C)CCCCC1. The molecule has 4 heteroatoms. The number of carbonyl (C=O) groups excluding carboxylic acids is 2. The highest BCUT2D eigenvalue weighted by atomic mass is 16.2. The fraction of sp³-hybridized carbons (Fsp3) is 0.882. The van der Waals surface area contributed by atoms with E-state index < -0.39 is 6.04 Å². The minimum atomic E-state index is -0.409. The van der Waals surface area contributed by atoms with Crippen LogP contribution in [0.25, 0.3) is 0 Å². The van der Waals surface area contributed by atoms with Crippen molar-refractivity contribution in [1.82, 2.24) is 10.2 Å². The van der Waals surface area contributed by atoms with Crippen LogP contribution in [0.3, 0.4) is 0 Å². The summed E-state index contributed by atoms with van der Waals surface area (Å²) in [5.41, 5.74) is -0.0825. The summed E-state index contributed by atoms with van der Waals surface area (Å²) in [6.45, 7) is 10.8. The molecule has 0 aromatic heterocycles. The smallest absolute Gasteiger partial charge is 0.246 e. The van der Waals surface area contributed by atoms with Crippen LogP contribution >= 0.6 is 0 Å². The van der Waals surface area contributed by atoms with Crippen LogP contribution in [0.2, 0.25) is 0 Å². The van der Waals surface area contributed by atoms with E-state index in [4.69, 9.17) is 0 Å². The van der Waals surface area contributed by atoms with Gasteiger partial charge in [0.2, 0.25) is 11.8 Å². The summed E-state index contributed by atoms with van der Waals surface area (Å²) in [5.74, 6) is 0.0651. The maximum atomic E-state index is 12.9. The van der Waals surface area contributed by atoms with Crippen LogP contribution in [0.15, 0.2) is 0 Å². The standard InChI is InChI=1S/C17H30N2O2/c1-12-14(20)18-13(16(2,3)4)15(21)19(12)11-17(5)9-7-6-8-10-17/h12-13H,6-11H2,1-5H3,(H,18,20). The molecule has 2 atom stereocenters. The van der Waals surface area contributed by atoms with E-state index in [0.717, 1.165) is 12.8 Å². The first-order chi connectivity index (χ1) is 9.64. The molecule has 2 unspecified atom stereocenters. The highest BCUT2D eigenvalue weighted by Crippen LogP contribution is 2.38. The van der Waals surface area contributed by atoms with Gasteiger partial charge in [0.1, 0.15) is 12.1 Å². The van der Waals surface area contributed by atoms with Crippen LogP contribution in [0, 0.1) is 10.8 Å². The van der Waals surface area contributed by atoms with Crippen molar-refractivity contribution in [2.75, 3.05) is 6.54 Å². The minimum Gasteiger partial charge on any atom is -0.342 e. The van der Waals surface area contributed by atoms with E-state index in [2.05, 4.69) is 12.2 Å². The molecular formula is C17H30N2O2. The largest absolute Gasteiger partial charge is 0.342 e. The first-order valence-electron chi connectivity index (χ1n) is 8.25. The van der Waals surface area contributed by atoms with E-state index in [9.17, 15) is 9.59 Å². The van der Waals surface area contributed by atoms with Gasteiger partial charge in [-0.15, -0.1) is 0 Å². The van der Waals surface area contributed by atoms with E-state index in [1.807, 2.05) is 32.6 Å². The molecule has 2 fully saturated rings. The van der Waals surface area contributed by atoms with Crippen molar-refractivity contribution < 1.29 is 9.59 Å². The molecule has 2 amide bonds. The van der Waals surface area contributed by atoms with Gasteiger partial charge in [-0.3, -0.25) is 9.59 Å². The number of hydrogen-bond donors (Lipinski definition) is 1. The topological polar surface area (TPSA) is 49.4 Å². The Morgan fingerprint density at radius 1 is 1.19 bits per heavy atom. The van der Waals surface area contributed by atoms with Gasteiger partial charge < -0.3 is 10.2 Å². The van der Waals surface area contributed by atoms with E-state index in [1.165, 1.54) is 19.3 Å². The summed E-state index contributed by atoms with van der Waals surface area (Å²) in [7, 11) is 0. The van der Waals surface area contributed by atoms with Crippen molar-refractivity contribution in [2.24, 2.45) is 10.8 Å². The molecule has 1 heterocycles. The number of amides is 2. The molecule has 1 saturated carbocycles. The second-order valence-electron chi connectivity index (χ2n) is 8.32. The predicted octanol–water partition coefficient (Wildman–Crippen LogP) is 2.72. The normalized spacial score (nSPS) is 30.2. The molecule has 0 radical (unpaired) electrons. The van der Waals surface area contributed by atoms with Crippen LogP contribution in [-0.4, -0.2) is 35.3 Å². The third-order valence-electron chi connectivity index (χ3n) is 5.14. The predicted molar refractivity (Wildman–Crippen MR) is 83.8 cm³/mol. The zero-order chi connectivity index (χ0) is 15.8. The van der Waals surface area contributed by atoms with Crippen molar-refractivity contribution in [3.8, 4) is 0 Å². The summed E-state index contributed by atoms with van der Waals surface area (Å²) in [6.07, 6.45) is 6.09. The Labute approximate surface area is 128 Å². The van der Waals surface area contributed by atoms with Gasteiger partial charge in [0.05, 0.1) is 0 Å². The number of nitrogens with zero attached hydrogens (tertiary/aromatic N) is 1. The molecule has 21 heavy (non-hydrogen) atoms. The monoisotopic (exact) mass is 294 g/mol. The van der Waals surface area contributed by atoms with E-state index >= 15 is 0 Å². The average Bonchev–Trinajstić information content (AvgIpc) is 2.38. The van der Waals surface area contributed by atoms with Crippen molar-refractivity contribution in [2.45, 2.75) is 78.8 Å². The van der Waals surface area contributed by atoms with Gasteiger partial charge in [-0.05, 0) is 30.6 Å². The summed E-state index contributed by atoms with van der Waals surface area (Å²) in [4.78, 5) is 26.9. The zero-order valence-electron chi connectivity index (χ0n) is 14.2. The van der Waals surface area contributed by atoms with Gasteiger partial charge >= 0.3 is 0 Å². The van der Waals surface area contributed by atoms with Gasteiger partial charge in [0, 0.05) is 6.54 Å². The Kier molecular flexibility index (Phi) is 4.36. The van der Waals surface area contributed by atoms with Crippen LogP contribution < -0.4 is 5.32 Å². The molecule has 1 aliphatic heterocycles. The maximum absolute atomic E-state index is 12.9. The first kappa shape index (κ1) is 16.3. The molecule has 0 bridgehead atoms. The van der Waals surface area contributed by atoms with Crippen LogP contribution in [-0.2, 0) is 9.59 Å². The zero-order valence-corrected chi connectivity index (χ0v) is 14.2. The molecule has 2 rings (SSSR count). The van der Waals surface area contributed by atoms with Gasteiger partial charge in [-0.1, -0.05) is 47.0 Å². The van der Waals surface area contributed by atoms with Gasteiger partial charge in [0.25, 0.3) is 0 Å². The fourth-order valence-corrected chi connectivity index (χ4v) is 3.60. The average molecular weight is 294 g/mol. The van der Waals surface area contributed by atoms with Gasteiger partial charge in [-0.2, -0.15) is 0 Å². The second kappa shape index (κ2) is 5.62. The number of piperazine rings is 1. The lowest BCUT2D eigenvalue weighted by atomic mass is 9.74. The lowest BCUT2D eigenvalue weighted by Gasteiger charge is -2.46. The Balaban J connectivity index is 2.19. The van der Waals surface area contributed by atoms with Gasteiger partial charge in [0.15, 0.2) is 0 Å². The third kappa shape index (κ3) is 3.41. The maximum Gasteiger partial charge on any atom is 0.246 e. The van der Waals surface area contributed by atoms with E-state index in [-0.39, 0.29) is 28.7 Å². The summed E-state index contributed by atoms with van der Waals surface area (Å²) >= 11 is 0. The Morgan fingerprint density at radius 3 is 2.29 bits per heavy atom. The number of rotatable bonds is 2. The third-order valence-corrected chi connectivity index (χ3v) is 5.14. The minimum absolute atomic E-state index is 0.0195. The molecule has 1 N–H and O–H groups in total. The van der Waals surface area contributed by atoms with Crippen molar-refractivity contribution in [3.05, 3.63) is 0 Å². The number of carbonyl (C=O) groups is 2. The van der Waals surface area contributed by atoms with Gasteiger partial charge in [-0.25, -0.2) is 0 Å². The summed E-state index contributed by atoms with van der Waals surface area (Å²) in [5, 5.41) is 2.91. The summed E-state index contributed by atoms with van der Waals surface area (Å²) < 4.78 is 0. The Bertz CT molecular complexity index is 419. The van der Waals surface area contributed by atoms with Crippen LogP contribution in [0.4, 0.5) is 0 Å². The highest BCUT2D eigenvalue weighted by molar-refractivity contribution is 5.97. The van der Waals surface area contributed by atoms with Crippen molar-refractivity contribution in [1.29, 1.82) is 0 Å². The number of nitrogens with one attached hydrogen (secondary N) is 1. The molecule has 1 aliphatic carbocycles. The molecule has 0 spiro atoms. The van der Waals surface area contributed by atoms with E-state index in [0.29, 0.717) is 6.54 Å². The van der Waals surface area contributed by atoms with Crippen LogP contribution in [0.5, 0.6) is 0 Å². The lowest BCUT2D eigenvalue weighted by molar-refractivity contribution is -0.153. The quantitative estimate of drug-likeness (QED) is 0.851. The van der Waals surface area contributed by atoms with Crippen molar-refractivity contribution in [3.63, 3.8) is 0 Å². The lowest BCUT2D eigenvalue weighted by Crippen LogP contribution is -2.67. The molecule has 0 aromatic carbocycles. The Hall–Kier alpha value is -1.06. The van der Waals surface area contributed by atoms with Crippen LogP contribution in [0.1, 0.15) is 66.7 Å². The molecule has 120 valence electrons. The second-order valence-corrected chi connectivity index (χ2v) is 8.32. The highest BCUT2D eigenvalue weighted by Gasteiger charge is 2.45. The Morgan fingerprint density at radius 2 is 1.76 bits per heavy atom. The first-order valence-corrected chi connectivity index (χ1v) is 8.25. The fourth-order valence-electron chi connectivity index (χ4n) is 3.60. The molecule has 0 aromatic rings. The molecule has 4 nitrogen and oxygen atoms in total. The van der Waals surface area contributed by atoms with E-state index in [1.54, 1.807) is 0 Å².